The molecule has 1 unspecified atom stereocenters. The van der Waals surface area contributed by atoms with E-state index in [2.05, 4.69) is 0 Å². The van der Waals surface area contributed by atoms with Crippen molar-refractivity contribution in [2.75, 3.05) is 0 Å². The van der Waals surface area contributed by atoms with Crippen LogP contribution in [0.3, 0.4) is 0 Å². The fourth-order valence-corrected chi connectivity index (χ4v) is 1.04. The van der Waals surface area contributed by atoms with Gasteiger partial charge in [-0.05, 0) is 17.7 Å². The minimum absolute atomic E-state index is 0.00732. The van der Waals surface area contributed by atoms with Gasteiger partial charge in [-0.15, -0.1) is 0 Å². The highest BCUT2D eigenvalue weighted by Gasteiger charge is 2.09. The number of hydrogen-bond acceptors (Lipinski definition) is 2. The highest BCUT2D eigenvalue weighted by Crippen LogP contribution is 2.21. The molecule has 0 aromatic heterocycles. The van der Waals surface area contributed by atoms with Crippen LogP contribution in [0.1, 0.15) is 18.1 Å². The Bertz CT molecular complexity index is 348. The largest absolute Gasteiger partial charge is 0.387 e. The van der Waals surface area contributed by atoms with Gasteiger partial charge in [0.2, 0.25) is 0 Å². The molecule has 0 saturated heterocycles. The van der Waals surface area contributed by atoms with E-state index in [4.69, 9.17) is 16.9 Å². The van der Waals surface area contributed by atoms with Crippen molar-refractivity contribution >= 4 is 11.6 Å². The van der Waals surface area contributed by atoms with E-state index >= 15 is 0 Å². The molecule has 0 saturated carbocycles. The second-order valence-corrected chi connectivity index (χ2v) is 2.96. The molecule has 0 fully saturated rings. The molecule has 1 N–H and O–H groups in total. The first-order chi connectivity index (χ1) is 6.15. The topological polar surface area (TPSA) is 44.0 Å². The summed E-state index contributed by atoms with van der Waals surface area (Å²) in [6, 6.07) is 5.77. The van der Waals surface area contributed by atoms with E-state index in [-0.39, 0.29) is 11.4 Å². The minimum Gasteiger partial charge on any atom is -0.387 e. The summed E-state index contributed by atoms with van der Waals surface area (Å²) in [5, 5.41) is 17.6. The van der Waals surface area contributed by atoms with Crippen LogP contribution < -0.4 is 0 Å². The number of aliphatic hydroxyl groups is 1. The van der Waals surface area contributed by atoms with Crippen molar-refractivity contribution in [3.05, 3.63) is 34.6 Å². The van der Waals surface area contributed by atoms with E-state index < -0.39 is 11.9 Å². The Labute approximate surface area is 80.2 Å². The minimum atomic E-state index is -0.947. The van der Waals surface area contributed by atoms with Gasteiger partial charge >= 0.3 is 0 Å². The number of hydrogen-bond donors (Lipinski definition) is 1. The van der Waals surface area contributed by atoms with Gasteiger partial charge in [-0.1, -0.05) is 17.7 Å². The molecule has 0 radical (unpaired) electrons. The average Bonchev–Trinajstić information content (AvgIpc) is 2.10. The Morgan fingerprint density at radius 3 is 2.85 bits per heavy atom. The standard InChI is InChI=1S/C9H7ClFNO/c10-7-2-1-6(5-8(7)11)9(13)3-4-12/h1-2,5,9,13H,3H2. The van der Waals surface area contributed by atoms with Gasteiger partial charge in [-0.2, -0.15) is 5.26 Å². The Morgan fingerprint density at radius 2 is 2.31 bits per heavy atom. The summed E-state index contributed by atoms with van der Waals surface area (Å²) in [5.41, 5.74) is 0.364. The van der Waals surface area contributed by atoms with Crippen LogP contribution in [0.25, 0.3) is 0 Å². The van der Waals surface area contributed by atoms with Crippen LogP contribution in [0.2, 0.25) is 5.02 Å². The van der Waals surface area contributed by atoms with Crippen LogP contribution >= 0.6 is 11.6 Å². The van der Waals surface area contributed by atoms with Gasteiger partial charge in [-0.3, -0.25) is 0 Å². The Balaban J connectivity index is 2.91. The number of aliphatic hydroxyl groups excluding tert-OH is 1. The van der Waals surface area contributed by atoms with Crippen LogP contribution in [0.15, 0.2) is 18.2 Å². The molecule has 1 aromatic rings. The van der Waals surface area contributed by atoms with Gasteiger partial charge < -0.3 is 5.11 Å². The molecule has 0 aliphatic carbocycles. The summed E-state index contributed by atoms with van der Waals surface area (Å²) in [6.07, 6.45) is -1.00. The van der Waals surface area contributed by atoms with Crippen molar-refractivity contribution in [2.45, 2.75) is 12.5 Å². The summed E-state index contributed by atoms with van der Waals surface area (Å²) in [6.45, 7) is 0. The number of nitriles is 1. The lowest BCUT2D eigenvalue weighted by Gasteiger charge is -2.06. The van der Waals surface area contributed by atoms with Crippen LogP contribution in [-0.2, 0) is 0 Å². The molecule has 0 aliphatic rings. The maximum atomic E-state index is 12.9. The summed E-state index contributed by atoms with van der Waals surface area (Å²) in [7, 11) is 0. The van der Waals surface area contributed by atoms with Crippen molar-refractivity contribution in [1.82, 2.24) is 0 Å². The predicted molar refractivity (Wildman–Crippen MR) is 46.6 cm³/mol. The SMILES string of the molecule is N#CCC(O)c1ccc(Cl)c(F)c1. The van der Waals surface area contributed by atoms with Crippen molar-refractivity contribution in [3.8, 4) is 6.07 Å². The smallest absolute Gasteiger partial charge is 0.142 e. The summed E-state index contributed by atoms with van der Waals surface area (Å²) in [4.78, 5) is 0. The van der Waals surface area contributed by atoms with E-state index in [1.807, 2.05) is 0 Å². The molecule has 1 rings (SSSR count). The fraction of sp³-hybridized carbons (Fsp3) is 0.222. The summed E-state index contributed by atoms with van der Waals surface area (Å²) < 4.78 is 12.9. The number of rotatable bonds is 2. The van der Waals surface area contributed by atoms with Gasteiger partial charge in [0.25, 0.3) is 0 Å². The first kappa shape index (κ1) is 9.97. The van der Waals surface area contributed by atoms with E-state index in [0.29, 0.717) is 5.56 Å². The van der Waals surface area contributed by atoms with Gasteiger partial charge in [-0.25, -0.2) is 4.39 Å². The van der Waals surface area contributed by atoms with E-state index in [0.717, 1.165) is 6.07 Å². The molecular weight excluding hydrogens is 193 g/mol. The van der Waals surface area contributed by atoms with Gasteiger partial charge in [0.15, 0.2) is 0 Å². The number of halogens is 2. The average molecular weight is 200 g/mol. The third-order valence-corrected chi connectivity index (χ3v) is 1.92. The molecule has 0 heterocycles. The predicted octanol–water partition coefficient (Wildman–Crippen LogP) is 2.43. The molecule has 4 heteroatoms. The zero-order valence-corrected chi connectivity index (χ0v) is 7.42. The van der Waals surface area contributed by atoms with Crippen molar-refractivity contribution in [1.29, 1.82) is 5.26 Å². The molecular formula is C9H7ClFNO. The van der Waals surface area contributed by atoms with Gasteiger partial charge in [0, 0.05) is 0 Å². The molecule has 2 nitrogen and oxygen atoms in total. The third-order valence-electron chi connectivity index (χ3n) is 1.61. The highest BCUT2D eigenvalue weighted by molar-refractivity contribution is 6.30. The zero-order valence-electron chi connectivity index (χ0n) is 6.67. The number of nitrogens with zero attached hydrogens (tertiary/aromatic N) is 1. The van der Waals surface area contributed by atoms with Crippen molar-refractivity contribution < 1.29 is 9.50 Å². The maximum absolute atomic E-state index is 12.9. The molecule has 0 amide bonds. The highest BCUT2D eigenvalue weighted by atomic mass is 35.5. The zero-order chi connectivity index (χ0) is 9.84. The monoisotopic (exact) mass is 199 g/mol. The molecule has 1 aromatic carbocycles. The normalized spacial score (nSPS) is 12.2. The first-order valence-corrected chi connectivity index (χ1v) is 4.03. The van der Waals surface area contributed by atoms with Gasteiger partial charge in [0.05, 0.1) is 23.6 Å². The van der Waals surface area contributed by atoms with E-state index in [1.54, 1.807) is 6.07 Å². The Kier molecular flexibility index (Phi) is 3.24. The lowest BCUT2D eigenvalue weighted by molar-refractivity contribution is 0.183. The summed E-state index contributed by atoms with van der Waals surface area (Å²) >= 11 is 5.44. The second kappa shape index (κ2) is 4.22. The first-order valence-electron chi connectivity index (χ1n) is 3.65. The second-order valence-electron chi connectivity index (χ2n) is 2.55. The lowest BCUT2D eigenvalue weighted by Crippen LogP contribution is -1.96. The number of benzene rings is 1. The Hall–Kier alpha value is -1.11. The van der Waals surface area contributed by atoms with Crippen molar-refractivity contribution in [2.24, 2.45) is 0 Å². The molecule has 13 heavy (non-hydrogen) atoms. The van der Waals surface area contributed by atoms with E-state index in [1.165, 1.54) is 12.1 Å². The van der Waals surface area contributed by atoms with Crippen molar-refractivity contribution in [3.63, 3.8) is 0 Å². The van der Waals surface area contributed by atoms with Crippen LogP contribution in [0, 0.1) is 17.1 Å². The molecule has 0 spiro atoms. The maximum Gasteiger partial charge on any atom is 0.142 e. The van der Waals surface area contributed by atoms with E-state index in [9.17, 15) is 9.50 Å². The summed E-state index contributed by atoms with van der Waals surface area (Å²) in [5.74, 6) is -0.587. The molecule has 68 valence electrons. The van der Waals surface area contributed by atoms with Crippen LogP contribution in [0.4, 0.5) is 4.39 Å². The molecule has 0 aliphatic heterocycles. The van der Waals surface area contributed by atoms with Crippen LogP contribution in [-0.4, -0.2) is 5.11 Å². The Morgan fingerprint density at radius 1 is 1.62 bits per heavy atom. The lowest BCUT2D eigenvalue weighted by atomic mass is 10.1. The van der Waals surface area contributed by atoms with Gasteiger partial charge in [0.1, 0.15) is 5.82 Å². The van der Waals surface area contributed by atoms with Crippen LogP contribution in [0.5, 0.6) is 0 Å². The molecule has 1 atom stereocenters. The molecule has 0 bridgehead atoms. The third kappa shape index (κ3) is 2.41. The quantitative estimate of drug-likeness (QED) is 0.795. The fourth-order valence-electron chi connectivity index (χ4n) is 0.924.